The zero-order chi connectivity index (χ0) is 17.3. The predicted octanol–water partition coefficient (Wildman–Crippen LogP) is 4.59. The Labute approximate surface area is 133 Å². The van der Waals surface area contributed by atoms with Crippen LogP contribution in [0.1, 0.15) is 31.9 Å². The van der Waals surface area contributed by atoms with Crippen molar-refractivity contribution in [2.45, 2.75) is 32.5 Å². The van der Waals surface area contributed by atoms with Crippen LogP contribution in [0.3, 0.4) is 0 Å². The van der Waals surface area contributed by atoms with Crippen LogP contribution in [0, 0.1) is 5.92 Å². The summed E-state index contributed by atoms with van der Waals surface area (Å²) in [4.78, 5) is 13.3. The van der Waals surface area contributed by atoms with E-state index in [9.17, 15) is 18.0 Å². The van der Waals surface area contributed by atoms with Gasteiger partial charge in [0.15, 0.2) is 0 Å². The molecular formula is C17H20F3NO2. The fourth-order valence-corrected chi connectivity index (χ4v) is 2.18. The van der Waals surface area contributed by atoms with Gasteiger partial charge < -0.3 is 9.64 Å². The average Bonchev–Trinajstić information content (AvgIpc) is 2.34. The molecule has 1 aliphatic heterocycles. The molecule has 3 nitrogen and oxygen atoms in total. The molecular weight excluding hydrogens is 307 g/mol. The van der Waals surface area contributed by atoms with Crippen LogP contribution in [0.5, 0.6) is 0 Å². The van der Waals surface area contributed by atoms with Gasteiger partial charge in [-0.1, -0.05) is 24.3 Å². The number of ether oxygens (including phenoxy) is 1. The molecule has 1 heterocycles. The van der Waals surface area contributed by atoms with E-state index in [0.717, 1.165) is 12.1 Å². The number of amides is 1. The van der Waals surface area contributed by atoms with Crippen molar-refractivity contribution in [1.82, 2.24) is 4.90 Å². The fourth-order valence-electron chi connectivity index (χ4n) is 2.18. The van der Waals surface area contributed by atoms with Crippen molar-refractivity contribution >= 4 is 12.2 Å². The van der Waals surface area contributed by atoms with Crippen LogP contribution in [-0.4, -0.2) is 29.7 Å². The van der Waals surface area contributed by atoms with Crippen LogP contribution in [-0.2, 0) is 10.9 Å². The smallest absolute Gasteiger partial charge is 0.416 e. The Bertz CT molecular complexity index is 597. The Hall–Kier alpha value is -1.98. The van der Waals surface area contributed by atoms with Gasteiger partial charge in [-0.25, -0.2) is 4.79 Å². The second kappa shape index (κ2) is 6.26. The van der Waals surface area contributed by atoms with Crippen LogP contribution in [0.4, 0.5) is 18.0 Å². The maximum absolute atomic E-state index is 12.6. The monoisotopic (exact) mass is 327 g/mol. The van der Waals surface area contributed by atoms with E-state index in [4.69, 9.17) is 4.74 Å². The Morgan fingerprint density at radius 1 is 1.26 bits per heavy atom. The predicted molar refractivity (Wildman–Crippen MR) is 81.8 cm³/mol. The van der Waals surface area contributed by atoms with Gasteiger partial charge in [0.1, 0.15) is 5.60 Å². The van der Waals surface area contributed by atoms with E-state index in [1.807, 2.05) is 6.08 Å². The maximum Gasteiger partial charge on any atom is 0.416 e. The number of rotatable bonds is 2. The van der Waals surface area contributed by atoms with E-state index in [0.29, 0.717) is 18.7 Å². The van der Waals surface area contributed by atoms with Gasteiger partial charge in [-0.3, -0.25) is 0 Å². The summed E-state index contributed by atoms with van der Waals surface area (Å²) in [7, 11) is 0. The number of alkyl halides is 3. The highest BCUT2D eigenvalue weighted by Crippen LogP contribution is 2.30. The second-order valence-electron chi connectivity index (χ2n) is 6.63. The molecule has 1 saturated heterocycles. The third-order valence-corrected chi connectivity index (χ3v) is 3.34. The fraction of sp³-hybridized carbons (Fsp3) is 0.471. The third-order valence-electron chi connectivity index (χ3n) is 3.34. The molecule has 1 aromatic rings. The van der Waals surface area contributed by atoms with Crippen molar-refractivity contribution < 1.29 is 22.7 Å². The highest BCUT2D eigenvalue weighted by atomic mass is 19.4. The first-order chi connectivity index (χ1) is 10.5. The van der Waals surface area contributed by atoms with Gasteiger partial charge in [-0.15, -0.1) is 0 Å². The lowest BCUT2D eigenvalue weighted by atomic mass is 9.99. The molecule has 0 aliphatic carbocycles. The summed E-state index contributed by atoms with van der Waals surface area (Å²) in [6, 6.07) is 5.16. The SMILES string of the molecule is CC(C)(C)OC(=O)N1CC(/C=C/c2cccc(C(F)(F)F)c2)C1. The van der Waals surface area contributed by atoms with Crippen molar-refractivity contribution in [3.8, 4) is 0 Å². The molecule has 6 heteroatoms. The number of carbonyl (C=O) groups is 1. The maximum atomic E-state index is 12.6. The van der Waals surface area contributed by atoms with Gasteiger partial charge >= 0.3 is 12.3 Å². The van der Waals surface area contributed by atoms with Crippen LogP contribution in [0.15, 0.2) is 30.3 Å². The molecule has 23 heavy (non-hydrogen) atoms. The minimum Gasteiger partial charge on any atom is -0.444 e. The van der Waals surface area contributed by atoms with Crippen LogP contribution in [0.2, 0.25) is 0 Å². The molecule has 0 atom stereocenters. The largest absolute Gasteiger partial charge is 0.444 e. The van der Waals surface area contributed by atoms with E-state index in [2.05, 4.69) is 0 Å². The van der Waals surface area contributed by atoms with Crippen LogP contribution in [0.25, 0.3) is 6.08 Å². The summed E-state index contributed by atoms with van der Waals surface area (Å²) in [6.07, 6.45) is -1.21. The van der Waals surface area contributed by atoms with Crippen molar-refractivity contribution in [2.75, 3.05) is 13.1 Å². The molecule has 1 aromatic carbocycles. The summed E-state index contributed by atoms with van der Waals surface area (Å²) in [6.45, 7) is 6.44. The van der Waals surface area contributed by atoms with Gasteiger partial charge in [0.05, 0.1) is 5.56 Å². The summed E-state index contributed by atoms with van der Waals surface area (Å²) in [5.41, 5.74) is -0.699. The minimum atomic E-state index is -4.34. The first kappa shape index (κ1) is 17.4. The molecule has 0 unspecified atom stereocenters. The van der Waals surface area contributed by atoms with Crippen molar-refractivity contribution in [3.63, 3.8) is 0 Å². The van der Waals surface area contributed by atoms with E-state index in [1.165, 1.54) is 6.07 Å². The topological polar surface area (TPSA) is 29.5 Å². The number of halogens is 3. The van der Waals surface area contributed by atoms with E-state index in [-0.39, 0.29) is 12.0 Å². The lowest BCUT2D eigenvalue weighted by molar-refractivity contribution is -0.137. The minimum absolute atomic E-state index is 0.136. The molecule has 0 aromatic heterocycles. The molecule has 0 bridgehead atoms. The van der Waals surface area contributed by atoms with E-state index in [1.54, 1.807) is 37.8 Å². The summed E-state index contributed by atoms with van der Waals surface area (Å²) < 4.78 is 43.2. The number of hydrogen-bond donors (Lipinski definition) is 0. The molecule has 0 radical (unpaired) electrons. The molecule has 1 fully saturated rings. The number of hydrogen-bond acceptors (Lipinski definition) is 2. The molecule has 0 N–H and O–H groups in total. The highest BCUT2D eigenvalue weighted by molar-refractivity contribution is 5.69. The van der Waals surface area contributed by atoms with Crippen molar-refractivity contribution in [2.24, 2.45) is 5.92 Å². The highest BCUT2D eigenvalue weighted by Gasteiger charge is 2.32. The second-order valence-corrected chi connectivity index (χ2v) is 6.63. The van der Waals surface area contributed by atoms with Gasteiger partial charge in [-0.2, -0.15) is 13.2 Å². The van der Waals surface area contributed by atoms with E-state index < -0.39 is 17.3 Å². The lowest BCUT2D eigenvalue weighted by Crippen LogP contribution is -2.50. The summed E-state index contributed by atoms with van der Waals surface area (Å²) in [5.74, 6) is 0.136. The van der Waals surface area contributed by atoms with Crippen LogP contribution < -0.4 is 0 Å². The Balaban J connectivity index is 1.88. The summed E-state index contributed by atoms with van der Waals surface area (Å²) >= 11 is 0. The first-order valence-corrected chi connectivity index (χ1v) is 7.38. The number of nitrogens with zero attached hydrogens (tertiary/aromatic N) is 1. The quantitative estimate of drug-likeness (QED) is 0.795. The van der Waals surface area contributed by atoms with Crippen LogP contribution >= 0.6 is 0 Å². The Kier molecular flexibility index (Phi) is 4.73. The molecule has 2 rings (SSSR count). The molecule has 0 spiro atoms. The average molecular weight is 327 g/mol. The van der Waals surface area contributed by atoms with Gasteiger partial charge in [-0.05, 0) is 38.5 Å². The first-order valence-electron chi connectivity index (χ1n) is 7.38. The third kappa shape index (κ3) is 5.01. The molecule has 126 valence electrons. The molecule has 1 amide bonds. The zero-order valence-electron chi connectivity index (χ0n) is 13.4. The molecule has 0 saturated carbocycles. The molecule has 1 aliphatic rings. The lowest BCUT2D eigenvalue weighted by Gasteiger charge is -2.38. The van der Waals surface area contributed by atoms with Gasteiger partial charge in [0, 0.05) is 19.0 Å². The Morgan fingerprint density at radius 3 is 2.48 bits per heavy atom. The number of benzene rings is 1. The van der Waals surface area contributed by atoms with E-state index >= 15 is 0 Å². The Morgan fingerprint density at radius 2 is 1.91 bits per heavy atom. The normalized spacial score (nSPS) is 16.5. The standard InChI is InChI=1S/C17H20F3NO2/c1-16(2,3)23-15(22)21-10-13(11-21)8-7-12-5-4-6-14(9-12)17(18,19)20/h4-9,13H,10-11H2,1-3H3/b8-7+. The summed E-state index contributed by atoms with van der Waals surface area (Å²) in [5, 5.41) is 0. The van der Waals surface area contributed by atoms with Gasteiger partial charge in [0.25, 0.3) is 0 Å². The van der Waals surface area contributed by atoms with Gasteiger partial charge in [0.2, 0.25) is 0 Å². The zero-order valence-corrected chi connectivity index (χ0v) is 13.4. The van der Waals surface area contributed by atoms with Crippen molar-refractivity contribution in [3.05, 3.63) is 41.5 Å². The number of carbonyl (C=O) groups excluding carboxylic acids is 1. The van der Waals surface area contributed by atoms with Crippen molar-refractivity contribution in [1.29, 1.82) is 0 Å². The number of likely N-dealkylation sites (tertiary alicyclic amines) is 1.